The minimum atomic E-state index is 0.807. The van der Waals surface area contributed by atoms with Gasteiger partial charge in [0.05, 0.1) is 0 Å². The van der Waals surface area contributed by atoms with Crippen molar-refractivity contribution in [3.05, 3.63) is 0 Å². The van der Waals surface area contributed by atoms with E-state index in [-0.39, 0.29) is 0 Å². The molecule has 3 fully saturated rings. The molecule has 0 saturated heterocycles. The molecule has 0 radical (unpaired) electrons. The monoisotopic (exact) mass is 250 g/mol. The first-order chi connectivity index (χ1) is 4.21. The van der Waals surface area contributed by atoms with Gasteiger partial charge in [-0.15, -0.1) is 0 Å². The average Bonchev–Trinajstić information content (AvgIpc) is 2.60. The van der Waals surface area contributed by atoms with Crippen LogP contribution >= 0.6 is 31.9 Å². The summed E-state index contributed by atoms with van der Waals surface area (Å²) in [6, 6.07) is 0. The zero-order valence-corrected chi connectivity index (χ0v) is 8.20. The highest BCUT2D eigenvalue weighted by atomic mass is 79.9. The fourth-order valence-corrected chi connectivity index (χ4v) is 4.83. The summed E-state index contributed by atoms with van der Waals surface area (Å²) in [7, 11) is 0. The average molecular weight is 252 g/mol. The number of fused-ring (bicyclic) bond motifs is 1. The largest absolute Gasteiger partial charge is 0.0884 e. The number of hydrogen-bond donors (Lipinski definition) is 0. The second kappa shape index (κ2) is 1.18. The molecule has 2 heteroatoms. The third-order valence-electron chi connectivity index (χ3n) is 3.46. The molecule has 3 aliphatic carbocycles. The molecule has 0 aromatic rings. The van der Waals surface area contributed by atoms with Crippen LogP contribution in [0.3, 0.4) is 0 Å². The number of rotatable bonds is 0. The van der Waals surface area contributed by atoms with Gasteiger partial charge in [0.1, 0.15) is 0 Å². The zero-order chi connectivity index (χ0) is 6.28. The highest BCUT2D eigenvalue weighted by Gasteiger charge is 2.87. The first-order valence-corrected chi connectivity index (χ1v) is 5.33. The summed E-state index contributed by atoms with van der Waals surface area (Å²) in [5.74, 6) is 0. The quantitative estimate of drug-likeness (QED) is 0.581. The van der Waals surface area contributed by atoms with Crippen LogP contribution in [-0.4, -0.2) is 9.65 Å². The van der Waals surface area contributed by atoms with Gasteiger partial charge in [-0.25, -0.2) is 0 Å². The van der Waals surface area contributed by atoms with Crippen molar-refractivity contribution in [3.8, 4) is 0 Å². The third-order valence-corrected chi connectivity index (χ3v) is 5.86. The summed E-state index contributed by atoms with van der Waals surface area (Å²) in [6.45, 7) is 0. The molecule has 0 amide bonds. The summed E-state index contributed by atoms with van der Waals surface area (Å²) in [5, 5.41) is 0. The normalized spacial score (nSPS) is 75.3. The molecule has 2 spiro atoms. The van der Waals surface area contributed by atoms with E-state index >= 15 is 0 Å². The van der Waals surface area contributed by atoms with Crippen LogP contribution in [0.15, 0.2) is 0 Å². The molecule has 0 nitrogen and oxygen atoms in total. The summed E-state index contributed by atoms with van der Waals surface area (Å²) in [5.41, 5.74) is 1.61. The summed E-state index contributed by atoms with van der Waals surface area (Å²) in [4.78, 5) is 1.76. The van der Waals surface area contributed by atoms with Gasteiger partial charge < -0.3 is 0 Å². The lowest BCUT2D eigenvalue weighted by atomic mass is 10.3. The van der Waals surface area contributed by atoms with Crippen molar-refractivity contribution in [3.63, 3.8) is 0 Å². The maximum Gasteiger partial charge on any atom is 0.0214 e. The highest BCUT2D eigenvalue weighted by molar-refractivity contribution is 9.10. The van der Waals surface area contributed by atoms with Crippen molar-refractivity contribution in [1.82, 2.24) is 0 Å². The maximum absolute atomic E-state index is 3.69. The molecule has 9 heavy (non-hydrogen) atoms. The lowest BCUT2D eigenvalue weighted by Crippen LogP contribution is -1.83. The number of halogens is 2. The predicted octanol–water partition coefficient (Wildman–Crippen LogP) is 2.70. The molecule has 4 atom stereocenters. The van der Waals surface area contributed by atoms with Crippen LogP contribution < -0.4 is 0 Å². The van der Waals surface area contributed by atoms with Crippen LogP contribution in [0.4, 0.5) is 0 Å². The number of hydrogen-bond acceptors (Lipinski definition) is 0. The topological polar surface area (TPSA) is 0 Å². The van der Waals surface area contributed by atoms with Gasteiger partial charge in [-0.3, -0.25) is 0 Å². The fraction of sp³-hybridized carbons (Fsp3) is 1.00. The molecule has 50 valence electrons. The van der Waals surface area contributed by atoms with Gasteiger partial charge in [-0.05, 0) is 30.1 Å². The predicted molar refractivity (Wildman–Crippen MR) is 44.1 cm³/mol. The van der Waals surface area contributed by atoms with E-state index in [1.165, 1.54) is 19.3 Å². The molecule has 0 aliphatic heterocycles. The Bertz CT molecular complexity index is 171. The van der Waals surface area contributed by atoms with Crippen LogP contribution in [0, 0.1) is 10.8 Å². The fourth-order valence-electron chi connectivity index (χ4n) is 2.44. The van der Waals surface area contributed by atoms with E-state index < -0.39 is 0 Å². The van der Waals surface area contributed by atoms with Crippen molar-refractivity contribution in [2.45, 2.75) is 28.9 Å². The Balaban J connectivity index is 1.91. The van der Waals surface area contributed by atoms with Crippen molar-refractivity contribution < 1.29 is 0 Å². The van der Waals surface area contributed by atoms with Gasteiger partial charge in [-0.2, -0.15) is 0 Å². The lowest BCUT2D eigenvalue weighted by Gasteiger charge is -1.83. The molecule has 0 N–H and O–H groups in total. The molecular formula is C7H8Br2. The molecule has 3 saturated carbocycles. The minimum absolute atomic E-state index is 0.807. The maximum atomic E-state index is 3.69. The second-order valence-corrected chi connectivity index (χ2v) is 6.04. The molecule has 0 heterocycles. The van der Waals surface area contributed by atoms with E-state index in [1.807, 2.05) is 0 Å². The van der Waals surface area contributed by atoms with Gasteiger partial charge in [0.2, 0.25) is 0 Å². The number of alkyl halides is 2. The molecule has 0 bridgehead atoms. The Kier molecular flexibility index (Phi) is 0.731. The standard InChI is InChI=1S/C7H8Br2/c8-4-1-6(4)3-7(6)2-5(7)9/h4-5H,1-3H2/t4-,5-,6-,7-/m1/s1. The molecule has 0 unspecified atom stereocenters. The van der Waals surface area contributed by atoms with Crippen LogP contribution in [-0.2, 0) is 0 Å². The Hall–Kier alpha value is 0.960. The van der Waals surface area contributed by atoms with Crippen LogP contribution in [0.2, 0.25) is 0 Å². The van der Waals surface area contributed by atoms with Gasteiger partial charge in [0.25, 0.3) is 0 Å². The van der Waals surface area contributed by atoms with Crippen molar-refractivity contribution >= 4 is 31.9 Å². The summed E-state index contributed by atoms with van der Waals surface area (Å²) in [6.07, 6.45) is 4.41. The van der Waals surface area contributed by atoms with E-state index in [0.717, 1.165) is 20.5 Å². The molecule has 3 aliphatic rings. The van der Waals surface area contributed by atoms with Gasteiger partial charge in [-0.1, -0.05) is 31.9 Å². The zero-order valence-electron chi connectivity index (χ0n) is 5.03. The molecule has 0 aromatic carbocycles. The van der Waals surface area contributed by atoms with Gasteiger partial charge in [0.15, 0.2) is 0 Å². The summed E-state index contributed by atoms with van der Waals surface area (Å²) < 4.78 is 0. The van der Waals surface area contributed by atoms with Gasteiger partial charge >= 0.3 is 0 Å². The molecule has 0 aromatic heterocycles. The van der Waals surface area contributed by atoms with E-state index in [9.17, 15) is 0 Å². The molecule has 3 rings (SSSR count). The van der Waals surface area contributed by atoms with E-state index in [2.05, 4.69) is 31.9 Å². The Morgan fingerprint density at radius 3 is 1.44 bits per heavy atom. The van der Waals surface area contributed by atoms with Crippen molar-refractivity contribution in [2.24, 2.45) is 10.8 Å². The SMILES string of the molecule is Br[C@@H]1C[C@@]12C[C@@]21C[C@H]1Br. The first-order valence-electron chi connectivity index (χ1n) is 3.49. The van der Waals surface area contributed by atoms with E-state index in [4.69, 9.17) is 0 Å². The van der Waals surface area contributed by atoms with E-state index in [1.54, 1.807) is 0 Å². The smallest absolute Gasteiger partial charge is 0.0214 e. The first kappa shape index (κ1) is 5.59. The van der Waals surface area contributed by atoms with E-state index in [0.29, 0.717) is 0 Å². The lowest BCUT2D eigenvalue weighted by molar-refractivity contribution is 0.726. The molecular weight excluding hydrogens is 244 g/mol. The highest BCUT2D eigenvalue weighted by Crippen LogP contribution is 2.91. The van der Waals surface area contributed by atoms with Crippen molar-refractivity contribution in [2.75, 3.05) is 0 Å². The van der Waals surface area contributed by atoms with Crippen LogP contribution in [0.25, 0.3) is 0 Å². The van der Waals surface area contributed by atoms with Crippen LogP contribution in [0.1, 0.15) is 19.3 Å². The van der Waals surface area contributed by atoms with Crippen LogP contribution in [0.5, 0.6) is 0 Å². The van der Waals surface area contributed by atoms with Gasteiger partial charge in [0, 0.05) is 9.65 Å². The minimum Gasteiger partial charge on any atom is -0.0884 e. The summed E-state index contributed by atoms with van der Waals surface area (Å²) >= 11 is 7.38. The Labute approximate surface area is 71.6 Å². The second-order valence-electron chi connectivity index (χ2n) is 3.83. The third kappa shape index (κ3) is 0.425. The Morgan fingerprint density at radius 1 is 1.00 bits per heavy atom. The Morgan fingerprint density at radius 2 is 1.33 bits per heavy atom. The van der Waals surface area contributed by atoms with Crippen molar-refractivity contribution in [1.29, 1.82) is 0 Å².